The average molecular weight is 572 g/mol. The van der Waals surface area contributed by atoms with Crippen LogP contribution in [0.2, 0.25) is 0 Å². The molecule has 206 valence electrons. The number of halogens is 2. The fourth-order valence-electron chi connectivity index (χ4n) is 4.87. The average Bonchev–Trinajstić information content (AvgIpc) is 3.33. The molecule has 0 fully saturated rings. The number of aromatic nitrogens is 1. The van der Waals surface area contributed by atoms with E-state index in [1.165, 1.54) is 4.57 Å². The molecule has 5 aromatic rings. The van der Waals surface area contributed by atoms with Gasteiger partial charge in [0.2, 0.25) is 11.8 Å². The highest BCUT2D eigenvalue weighted by atomic mass is 32.2. The zero-order valence-corrected chi connectivity index (χ0v) is 22.6. The first kappa shape index (κ1) is 27.7. The predicted octanol–water partition coefficient (Wildman–Crippen LogP) is 5.83. The van der Waals surface area contributed by atoms with Crippen LogP contribution < -0.4 is 4.72 Å². The Hall–Kier alpha value is -4.88. The van der Waals surface area contributed by atoms with Crippen LogP contribution in [0.3, 0.4) is 0 Å². The second-order valence-corrected chi connectivity index (χ2v) is 11.3. The van der Waals surface area contributed by atoms with Crippen LogP contribution in [0.25, 0.3) is 21.7 Å². The second kappa shape index (κ2) is 10.9. The molecule has 0 saturated carbocycles. The molecule has 0 aliphatic heterocycles. The summed E-state index contributed by atoms with van der Waals surface area (Å²) in [4.78, 5) is 25.8. The molecule has 4 aromatic carbocycles. The zero-order chi connectivity index (χ0) is 29.3. The molecule has 0 aliphatic carbocycles. The molecule has 1 N–H and O–H groups in total. The third kappa shape index (κ3) is 5.44. The number of hydrogen-bond donors (Lipinski definition) is 1. The van der Waals surface area contributed by atoms with Crippen LogP contribution in [-0.4, -0.2) is 24.8 Å². The minimum absolute atomic E-state index is 0.0739. The Labute approximate surface area is 234 Å². The van der Waals surface area contributed by atoms with E-state index in [0.29, 0.717) is 34.2 Å². The van der Waals surface area contributed by atoms with E-state index in [-0.39, 0.29) is 18.7 Å². The van der Waals surface area contributed by atoms with Crippen molar-refractivity contribution in [1.82, 2.24) is 9.29 Å². The van der Waals surface area contributed by atoms with E-state index < -0.39 is 38.4 Å². The summed E-state index contributed by atoms with van der Waals surface area (Å²) in [6.07, 6.45) is 1.41. The predicted molar refractivity (Wildman–Crippen MR) is 150 cm³/mol. The summed E-state index contributed by atoms with van der Waals surface area (Å²) in [7, 11) is -4.42. The molecule has 1 amide bonds. The van der Waals surface area contributed by atoms with Crippen molar-refractivity contribution in [3.8, 4) is 6.07 Å². The van der Waals surface area contributed by atoms with Gasteiger partial charge in [0.15, 0.2) is 11.6 Å². The molecule has 1 unspecified atom stereocenters. The Balaban J connectivity index is 1.42. The lowest BCUT2D eigenvalue weighted by atomic mass is 9.94. The number of sulfonamides is 1. The van der Waals surface area contributed by atoms with Gasteiger partial charge in [0.25, 0.3) is 10.0 Å². The van der Waals surface area contributed by atoms with E-state index in [2.05, 4.69) is 6.07 Å². The van der Waals surface area contributed by atoms with E-state index in [9.17, 15) is 32.0 Å². The highest BCUT2D eigenvalue weighted by molar-refractivity contribution is 7.90. The lowest BCUT2D eigenvalue weighted by Crippen LogP contribution is -2.30. The largest absolute Gasteiger partial charge is 0.286 e. The fourth-order valence-corrected chi connectivity index (χ4v) is 5.90. The van der Waals surface area contributed by atoms with Gasteiger partial charge in [-0.25, -0.2) is 21.9 Å². The molecule has 10 heteroatoms. The topological polar surface area (TPSA) is 109 Å². The number of amides is 1. The van der Waals surface area contributed by atoms with Crippen LogP contribution in [0.5, 0.6) is 0 Å². The molecule has 0 radical (unpaired) electrons. The maximum Gasteiger partial charge on any atom is 0.264 e. The first-order valence-corrected chi connectivity index (χ1v) is 14.1. The Morgan fingerprint density at radius 2 is 1.71 bits per heavy atom. The molecule has 5 rings (SSSR count). The van der Waals surface area contributed by atoms with E-state index in [0.717, 1.165) is 22.4 Å². The van der Waals surface area contributed by atoms with Crippen LogP contribution in [0.1, 0.15) is 40.7 Å². The van der Waals surface area contributed by atoms with Crippen molar-refractivity contribution in [3.05, 3.63) is 113 Å². The smallest absolute Gasteiger partial charge is 0.264 e. The monoisotopic (exact) mass is 571 g/mol. The zero-order valence-electron chi connectivity index (χ0n) is 21.8. The van der Waals surface area contributed by atoms with Crippen LogP contribution in [0.4, 0.5) is 8.78 Å². The van der Waals surface area contributed by atoms with Gasteiger partial charge in [-0.2, -0.15) is 5.26 Å². The van der Waals surface area contributed by atoms with Crippen molar-refractivity contribution in [2.45, 2.75) is 30.6 Å². The number of nitrogens with zero attached hydrogens (tertiary/aromatic N) is 2. The maximum atomic E-state index is 13.8. The van der Waals surface area contributed by atoms with Gasteiger partial charge < -0.3 is 0 Å². The molecule has 41 heavy (non-hydrogen) atoms. The molecule has 0 saturated heterocycles. The lowest BCUT2D eigenvalue weighted by molar-refractivity contribution is -0.119. The van der Waals surface area contributed by atoms with Crippen molar-refractivity contribution in [2.24, 2.45) is 0 Å². The molecule has 0 aliphatic rings. The van der Waals surface area contributed by atoms with E-state index >= 15 is 0 Å². The van der Waals surface area contributed by atoms with Crippen molar-refractivity contribution in [1.29, 1.82) is 5.26 Å². The van der Waals surface area contributed by atoms with E-state index in [1.54, 1.807) is 31.3 Å². The number of benzene rings is 4. The number of carbonyl (C=O) groups excluding carboxylic acids is 2. The van der Waals surface area contributed by atoms with Gasteiger partial charge in [0.05, 0.1) is 28.0 Å². The number of nitrogens with one attached hydrogen (secondary N) is 1. The van der Waals surface area contributed by atoms with Gasteiger partial charge >= 0.3 is 0 Å². The summed E-state index contributed by atoms with van der Waals surface area (Å²) in [5, 5.41) is 12.0. The number of carbonyl (C=O) groups is 2. The van der Waals surface area contributed by atoms with Crippen molar-refractivity contribution in [2.75, 3.05) is 0 Å². The molecule has 1 aromatic heterocycles. The number of nitriles is 1. The highest BCUT2D eigenvalue weighted by Crippen LogP contribution is 2.30. The van der Waals surface area contributed by atoms with Gasteiger partial charge in [-0.05, 0) is 65.6 Å². The number of aryl methyl sites for hydroxylation is 1. The van der Waals surface area contributed by atoms with Crippen molar-refractivity contribution >= 4 is 43.5 Å². The van der Waals surface area contributed by atoms with Crippen molar-refractivity contribution < 1.29 is 26.8 Å². The molecule has 0 bridgehead atoms. The van der Waals surface area contributed by atoms with Crippen LogP contribution >= 0.6 is 0 Å². The quantitative estimate of drug-likeness (QED) is 0.265. The normalized spacial score (nSPS) is 12.2. The minimum atomic E-state index is -4.42. The highest BCUT2D eigenvalue weighted by Gasteiger charge is 2.24. The molecule has 0 spiro atoms. The minimum Gasteiger partial charge on any atom is -0.286 e. The van der Waals surface area contributed by atoms with Crippen LogP contribution in [-0.2, 0) is 21.2 Å². The maximum absolute atomic E-state index is 13.8. The summed E-state index contributed by atoms with van der Waals surface area (Å²) in [6, 6.07) is 22.5. The fraction of sp³-hybridized carbons (Fsp3) is 0.129. The van der Waals surface area contributed by atoms with Gasteiger partial charge in [-0.1, -0.05) is 48.5 Å². The van der Waals surface area contributed by atoms with Gasteiger partial charge in [-0.15, -0.1) is 0 Å². The Bertz CT molecular complexity index is 1990. The Morgan fingerprint density at radius 3 is 2.46 bits per heavy atom. The van der Waals surface area contributed by atoms with Crippen molar-refractivity contribution in [3.63, 3.8) is 0 Å². The SMILES string of the molecule is CC(C(=O)n1cc(CCC(=O)NS(=O)(=O)c2ccc(F)c(F)c2)c2ccc(C#N)cc21)c1cccc2ccccc12. The van der Waals surface area contributed by atoms with Crippen LogP contribution in [0.15, 0.2) is 90.0 Å². The standard InChI is InChI=1S/C31H23F2N3O4S/c1-19(24-8-4-6-21-5-2-3-7-25(21)24)31(38)36-18-22(26-12-9-20(17-34)15-29(26)36)10-14-30(37)35-41(39,40)23-11-13-27(32)28(33)16-23/h2-9,11-13,15-16,18-19H,10,14H2,1H3,(H,35,37). The summed E-state index contributed by atoms with van der Waals surface area (Å²) < 4.78 is 55.1. The first-order chi connectivity index (χ1) is 19.6. The summed E-state index contributed by atoms with van der Waals surface area (Å²) in [5.74, 6) is -4.21. The third-order valence-corrected chi connectivity index (χ3v) is 8.36. The second-order valence-electron chi connectivity index (χ2n) is 9.60. The molecule has 7 nitrogen and oxygen atoms in total. The van der Waals surface area contributed by atoms with E-state index in [1.807, 2.05) is 47.2 Å². The first-order valence-electron chi connectivity index (χ1n) is 12.7. The third-order valence-electron chi connectivity index (χ3n) is 6.99. The van der Waals surface area contributed by atoms with Gasteiger partial charge in [0.1, 0.15) is 0 Å². The number of rotatable bonds is 7. The lowest BCUT2D eigenvalue weighted by Gasteiger charge is -2.15. The summed E-state index contributed by atoms with van der Waals surface area (Å²) >= 11 is 0. The van der Waals surface area contributed by atoms with Gasteiger partial charge in [0, 0.05) is 18.0 Å². The Kier molecular flexibility index (Phi) is 7.39. The molecule has 1 heterocycles. The van der Waals surface area contributed by atoms with E-state index in [4.69, 9.17) is 0 Å². The summed E-state index contributed by atoms with van der Waals surface area (Å²) in [6.45, 7) is 1.81. The van der Waals surface area contributed by atoms with Crippen LogP contribution in [0, 0.1) is 23.0 Å². The summed E-state index contributed by atoms with van der Waals surface area (Å²) in [5.41, 5.74) is 2.29. The molecule has 1 atom stereocenters. The molecular weight excluding hydrogens is 548 g/mol. The number of hydrogen-bond acceptors (Lipinski definition) is 5. The van der Waals surface area contributed by atoms with Gasteiger partial charge in [-0.3, -0.25) is 14.2 Å². The Morgan fingerprint density at radius 1 is 0.951 bits per heavy atom. The molecular formula is C31H23F2N3O4S. The number of fused-ring (bicyclic) bond motifs is 2.